The van der Waals surface area contributed by atoms with Crippen molar-refractivity contribution in [3.8, 4) is 5.69 Å². The molecule has 3 nitrogen and oxygen atoms in total. The minimum absolute atomic E-state index is 0.366. The van der Waals surface area contributed by atoms with Crippen LogP contribution >= 0.6 is 0 Å². The second kappa shape index (κ2) is 4.49. The molecule has 0 saturated carbocycles. The van der Waals surface area contributed by atoms with Crippen LogP contribution in [0.25, 0.3) is 5.69 Å². The van der Waals surface area contributed by atoms with Gasteiger partial charge in [-0.05, 0) is 52.7 Å². The number of benzene rings is 1. The summed E-state index contributed by atoms with van der Waals surface area (Å²) in [5, 5.41) is 4.54. The lowest BCUT2D eigenvalue weighted by molar-refractivity contribution is 0.550. The molecule has 2 N–H and O–H groups in total. The summed E-state index contributed by atoms with van der Waals surface area (Å²) in [6.07, 6.45) is 1.88. The van der Waals surface area contributed by atoms with Crippen LogP contribution in [-0.2, 0) is 5.54 Å². The van der Waals surface area contributed by atoms with Crippen LogP contribution in [0.1, 0.15) is 41.8 Å². The first-order chi connectivity index (χ1) is 8.71. The largest absolute Gasteiger partial charge is 0.322 e. The Hall–Kier alpha value is -1.61. The molecule has 3 heteroatoms. The maximum atomic E-state index is 6.20. The number of aromatic nitrogens is 2. The van der Waals surface area contributed by atoms with Gasteiger partial charge in [-0.25, -0.2) is 4.68 Å². The first kappa shape index (κ1) is 13.8. The van der Waals surface area contributed by atoms with Crippen molar-refractivity contribution in [1.82, 2.24) is 9.78 Å². The molecule has 1 heterocycles. The van der Waals surface area contributed by atoms with Crippen LogP contribution in [0.3, 0.4) is 0 Å². The van der Waals surface area contributed by atoms with E-state index in [-0.39, 0.29) is 5.54 Å². The summed E-state index contributed by atoms with van der Waals surface area (Å²) in [6.45, 7) is 12.5. The van der Waals surface area contributed by atoms with E-state index in [0.29, 0.717) is 0 Å². The van der Waals surface area contributed by atoms with Gasteiger partial charge in [0.1, 0.15) is 0 Å². The topological polar surface area (TPSA) is 43.8 Å². The van der Waals surface area contributed by atoms with E-state index in [1.54, 1.807) is 0 Å². The average molecular weight is 257 g/mol. The molecule has 0 unspecified atom stereocenters. The van der Waals surface area contributed by atoms with Crippen molar-refractivity contribution in [2.24, 2.45) is 5.73 Å². The third-order valence-electron chi connectivity index (χ3n) is 3.55. The summed E-state index contributed by atoms with van der Waals surface area (Å²) in [5.41, 5.74) is 13.0. The molecule has 102 valence electrons. The Kier molecular flexibility index (Phi) is 3.27. The quantitative estimate of drug-likeness (QED) is 0.897. The Morgan fingerprint density at radius 2 is 1.58 bits per heavy atom. The summed E-state index contributed by atoms with van der Waals surface area (Å²) in [5.74, 6) is 0. The molecular weight excluding hydrogens is 234 g/mol. The van der Waals surface area contributed by atoms with E-state index in [1.807, 2.05) is 24.7 Å². The summed E-state index contributed by atoms with van der Waals surface area (Å²) in [7, 11) is 0. The van der Waals surface area contributed by atoms with Crippen LogP contribution in [0.4, 0.5) is 0 Å². The monoisotopic (exact) mass is 257 g/mol. The molecule has 0 spiro atoms. The average Bonchev–Trinajstić information content (AvgIpc) is 2.58. The number of nitrogens with two attached hydrogens (primary N) is 1. The van der Waals surface area contributed by atoms with Gasteiger partial charge in [-0.1, -0.05) is 17.7 Å². The lowest BCUT2D eigenvalue weighted by Gasteiger charge is -2.19. The van der Waals surface area contributed by atoms with Gasteiger partial charge in [0.25, 0.3) is 0 Å². The minimum Gasteiger partial charge on any atom is -0.322 e. The lowest BCUT2D eigenvalue weighted by atomic mass is 9.96. The van der Waals surface area contributed by atoms with Crippen molar-refractivity contribution < 1.29 is 0 Å². The van der Waals surface area contributed by atoms with E-state index in [2.05, 4.69) is 44.9 Å². The smallest absolute Gasteiger partial charge is 0.0707 e. The van der Waals surface area contributed by atoms with Gasteiger partial charge in [0.05, 0.1) is 11.9 Å². The van der Waals surface area contributed by atoms with Crippen LogP contribution in [0.2, 0.25) is 0 Å². The highest BCUT2D eigenvalue weighted by Gasteiger charge is 2.21. The van der Waals surface area contributed by atoms with Crippen molar-refractivity contribution in [2.45, 2.75) is 47.1 Å². The summed E-state index contributed by atoms with van der Waals surface area (Å²) >= 11 is 0. The molecule has 0 aliphatic carbocycles. The summed E-state index contributed by atoms with van der Waals surface area (Å²) < 4.78 is 2.01. The van der Waals surface area contributed by atoms with Crippen LogP contribution in [0.5, 0.6) is 0 Å². The van der Waals surface area contributed by atoms with Crippen molar-refractivity contribution >= 4 is 0 Å². The highest BCUT2D eigenvalue weighted by Crippen LogP contribution is 2.26. The van der Waals surface area contributed by atoms with Gasteiger partial charge in [-0.3, -0.25) is 0 Å². The molecule has 0 bridgehead atoms. The van der Waals surface area contributed by atoms with E-state index in [4.69, 9.17) is 5.73 Å². The first-order valence-electron chi connectivity index (χ1n) is 6.64. The van der Waals surface area contributed by atoms with E-state index < -0.39 is 0 Å². The standard InChI is InChI=1S/C16H23N3/c1-10-7-11(2)15(12(3)8-10)19-13(4)14(9-18-19)16(5,6)17/h7-9H,17H2,1-6H3. The summed E-state index contributed by atoms with van der Waals surface area (Å²) in [6, 6.07) is 4.38. The molecule has 0 amide bonds. The Bertz CT molecular complexity index is 592. The van der Waals surface area contributed by atoms with Crippen LogP contribution in [0.15, 0.2) is 18.3 Å². The molecule has 0 fully saturated rings. The van der Waals surface area contributed by atoms with Crippen molar-refractivity contribution in [1.29, 1.82) is 0 Å². The maximum absolute atomic E-state index is 6.20. The highest BCUT2D eigenvalue weighted by atomic mass is 15.3. The van der Waals surface area contributed by atoms with Gasteiger partial charge in [-0.2, -0.15) is 5.10 Å². The maximum Gasteiger partial charge on any atom is 0.0707 e. The van der Waals surface area contributed by atoms with Crippen molar-refractivity contribution in [3.63, 3.8) is 0 Å². The Labute approximate surface area is 115 Å². The van der Waals surface area contributed by atoms with Gasteiger partial charge in [0.2, 0.25) is 0 Å². The third kappa shape index (κ3) is 2.43. The van der Waals surface area contributed by atoms with Gasteiger partial charge < -0.3 is 5.73 Å². The van der Waals surface area contributed by atoms with Gasteiger partial charge in [-0.15, -0.1) is 0 Å². The minimum atomic E-state index is -0.366. The number of rotatable bonds is 2. The van der Waals surface area contributed by atoms with Crippen molar-refractivity contribution in [3.05, 3.63) is 46.3 Å². The zero-order valence-electron chi connectivity index (χ0n) is 12.7. The zero-order chi connectivity index (χ0) is 14.4. The lowest BCUT2D eigenvalue weighted by Crippen LogP contribution is -2.29. The van der Waals surface area contributed by atoms with Gasteiger partial charge >= 0.3 is 0 Å². The SMILES string of the molecule is Cc1cc(C)c(-n2ncc(C(C)(C)N)c2C)c(C)c1. The van der Waals surface area contributed by atoms with Crippen LogP contribution < -0.4 is 5.73 Å². The Morgan fingerprint density at radius 1 is 1.05 bits per heavy atom. The highest BCUT2D eigenvalue weighted by molar-refractivity contribution is 5.50. The third-order valence-corrected chi connectivity index (χ3v) is 3.55. The second-order valence-corrected chi connectivity index (χ2v) is 6.02. The molecule has 2 aromatic rings. The molecule has 0 atom stereocenters. The summed E-state index contributed by atoms with van der Waals surface area (Å²) in [4.78, 5) is 0. The van der Waals surface area contributed by atoms with E-state index in [1.165, 1.54) is 22.4 Å². The predicted octanol–water partition coefficient (Wildman–Crippen LogP) is 3.30. The molecule has 0 radical (unpaired) electrons. The molecule has 0 saturated heterocycles. The Balaban J connectivity index is 2.65. The molecular formula is C16H23N3. The normalized spacial score (nSPS) is 11.9. The molecule has 2 rings (SSSR count). The molecule has 1 aromatic carbocycles. The molecule has 19 heavy (non-hydrogen) atoms. The van der Waals surface area contributed by atoms with E-state index in [9.17, 15) is 0 Å². The van der Waals surface area contributed by atoms with Gasteiger partial charge in [0, 0.05) is 16.8 Å². The fraction of sp³-hybridized carbons (Fsp3) is 0.438. The predicted molar refractivity (Wildman–Crippen MR) is 79.7 cm³/mol. The molecule has 1 aromatic heterocycles. The fourth-order valence-corrected chi connectivity index (χ4v) is 2.77. The van der Waals surface area contributed by atoms with Crippen LogP contribution in [-0.4, -0.2) is 9.78 Å². The van der Waals surface area contributed by atoms with Crippen LogP contribution in [0, 0.1) is 27.7 Å². The number of nitrogens with zero attached hydrogens (tertiary/aromatic N) is 2. The molecule has 0 aliphatic heterocycles. The first-order valence-corrected chi connectivity index (χ1v) is 6.64. The van der Waals surface area contributed by atoms with E-state index in [0.717, 1.165) is 11.3 Å². The van der Waals surface area contributed by atoms with Crippen molar-refractivity contribution in [2.75, 3.05) is 0 Å². The second-order valence-electron chi connectivity index (χ2n) is 6.02. The number of aryl methyl sites for hydroxylation is 3. The van der Waals surface area contributed by atoms with Gasteiger partial charge in [0.15, 0.2) is 0 Å². The number of hydrogen-bond donors (Lipinski definition) is 1. The fourth-order valence-electron chi connectivity index (χ4n) is 2.77. The molecule has 0 aliphatic rings. The Morgan fingerprint density at radius 3 is 2.00 bits per heavy atom. The van der Waals surface area contributed by atoms with E-state index >= 15 is 0 Å². The number of hydrogen-bond acceptors (Lipinski definition) is 2. The zero-order valence-corrected chi connectivity index (χ0v) is 12.7.